The second-order valence-corrected chi connectivity index (χ2v) is 9.62. The van der Waals surface area contributed by atoms with E-state index in [1.165, 1.54) is 18.4 Å². The van der Waals surface area contributed by atoms with E-state index in [-0.39, 0.29) is 18.0 Å². The van der Waals surface area contributed by atoms with Crippen molar-refractivity contribution in [3.63, 3.8) is 0 Å². The minimum absolute atomic E-state index is 0.108. The van der Waals surface area contributed by atoms with Crippen molar-refractivity contribution in [2.75, 3.05) is 33.9 Å². The highest BCUT2D eigenvalue weighted by Crippen LogP contribution is 2.48. The summed E-state index contributed by atoms with van der Waals surface area (Å²) in [5.74, 6) is 2.07. The first kappa shape index (κ1) is 22.2. The Balaban J connectivity index is 1.51. The number of carbonyl (C=O) groups excluding carboxylic acids is 1. The molecule has 3 aliphatic heterocycles. The molecule has 33 heavy (non-hydrogen) atoms. The van der Waals surface area contributed by atoms with Gasteiger partial charge in [-0.15, -0.1) is 0 Å². The number of hydrogen-bond acceptors (Lipinski definition) is 5. The summed E-state index contributed by atoms with van der Waals surface area (Å²) >= 11 is 0. The monoisotopic (exact) mass is 449 g/mol. The molecule has 0 saturated carbocycles. The predicted molar refractivity (Wildman–Crippen MR) is 129 cm³/mol. The number of carbonyl (C=O) groups is 1. The molecule has 0 bridgehead atoms. The van der Waals surface area contributed by atoms with Gasteiger partial charge >= 0.3 is 0 Å². The molecule has 2 aromatic carbocycles. The summed E-state index contributed by atoms with van der Waals surface area (Å²) < 4.78 is 11.8. The fraction of sp³-hybridized carbons (Fsp3) is 0.519. The van der Waals surface area contributed by atoms with E-state index in [1.54, 1.807) is 14.2 Å². The Morgan fingerprint density at radius 2 is 2.03 bits per heavy atom. The molecule has 6 heteroatoms. The van der Waals surface area contributed by atoms with Gasteiger partial charge in [-0.1, -0.05) is 30.3 Å². The Morgan fingerprint density at radius 1 is 1.21 bits per heavy atom. The highest BCUT2D eigenvalue weighted by atomic mass is 16.5. The zero-order valence-corrected chi connectivity index (χ0v) is 19.9. The maximum atomic E-state index is 13.5. The summed E-state index contributed by atoms with van der Waals surface area (Å²) in [6.07, 6.45) is 4.52. The van der Waals surface area contributed by atoms with Gasteiger partial charge in [0.25, 0.3) is 5.91 Å². The van der Waals surface area contributed by atoms with E-state index in [1.807, 2.05) is 43.3 Å². The summed E-state index contributed by atoms with van der Waals surface area (Å²) in [7, 11) is 3.38. The van der Waals surface area contributed by atoms with Crippen LogP contribution in [0, 0.1) is 5.92 Å². The topological polar surface area (TPSA) is 62.8 Å². The zero-order valence-electron chi connectivity index (χ0n) is 19.9. The van der Waals surface area contributed by atoms with E-state index in [0.717, 1.165) is 49.4 Å². The van der Waals surface area contributed by atoms with Crippen molar-refractivity contribution >= 4 is 5.91 Å². The third-order valence-corrected chi connectivity index (χ3v) is 7.80. The van der Waals surface area contributed by atoms with Crippen LogP contribution in [0.5, 0.6) is 11.5 Å². The molecule has 6 nitrogen and oxygen atoms in total. The Morgan fingerprint density at radius 3 is 2.79 bits per heavy atom. The molecule has 2 saturated heterocycles. The van der Waals surface area contributed by atoms with Gasteiger partial charge in [0.1, 0.15) is 11.5 Å². The van der Waals surface area contributed by atoms with Crippen molar-refractivity contribution in [2.24, 2.45) is 5.92 Å². The van der Waals surface area contributed by atoms with E-state index < -0.39 is 0 Å². The summed E-state index contributed by atoms with van der Waals surface area (Å²) in [6.45, 7) is 5.24. The number of rotatable bonds is 5. The molecule has 4 atom stereocenters. The predicted octanol–water partition coefficient (Wildman–Crippen LogP) is 3.87. The van der Waals surface area contributed by atoms with Crippen molar-refractivity contribution in [3.8, 4) is 11.5 Å². The molecule has 2 fully saturated rings. The van der Waals surface area contributed by atoms with Gasteiger partial charge in [-0.25, -0.2) is 0 Å². The smallest absolute Gasteiger partial charge is 0.255 e. The first-order valence-electron chi connectivity index (χ1n) is 12.2. The first-order valence-corrected chi connectivity index (χ1v) is 12.2. The van der Waals surface area contributed by atoms with Gasteiger partial charge in [0.05, 0.1) is 25.8 Å². The molecule has 2 aromatic rings. The molecule has 0 radical (unpaired) electrons. The molecule has 1 unspecified atom stereocenters. The lowest BCUT2D eigenvalue weighted by Gasteiger charge is -2.49. The number of benzene rings is 2. The van der Waals surface area contributed by atoms with E-state index in [4.69, 9.17) is 9.47 Å². The summed E-state index contributed by atoms with van der Waals surface area (Å²) in [6, 6.07) is 12.5. The third kappa shape index (κ3) is 4.11. The van der Waals surface area contributed by atoms with Crippen LogP contribution in [0.3, 0.4) is 0 Å². The number of fused-ring (bicyclic) bond motifs is 4. The number of nitrogens with zero attached hydrogens (tertiary/aromatic N) is 1. The number of hydrogen-bond donors (Lipinski definition) is 2. The Kier molecular flexibility index (Phi) is 6.30. The molecule has 0 aliphatic carbocycles. The number of piperidine rings is 2. The van der Waals surface area contributed by atoms with E-state index in [9.17, 15) is 4.79 Å². The molecule has 2 N–H and O–H groups in total. The van der Waals surface area contributed by atoms with Crippen LogP contribution in [-0.4, -0.2) is 50.7 Å². The Labute approximate surface area is 196 Å². The SMILES string of the molecule is COc1cc(C(=O)NC(C)c2ccccc2)c(OC)c2c1CCN1C[C@H]3CCCN[C@H]3C[C@@H]21. The van der Waals surface area contributed by atoms with E-state index in [2.05, 4.69) is 15.5 Å². The van der Waals surface area contributed by atoms with E-state index >= 15 is 0 Å². The Hall–Kier alpha value is -2.57. The van der Waals surface area contributed by atoms with Crippen LogP contribution in [0.2, 0.25) is 0 Å². The molecular formula is C27H35N3O3. The van der Waals surface area contributed by atoms with Crippen LogP contribution in [-0.2, 0) is 6.42 Å². The average molecular weight is 450 g/mol. The summed E-state index contributed by atoms with van der Waals surface area (Å²) in [5, 5.41) is 6.92. The van der Waals surface area contributed by atoms with Gasteiger partial charge in [-0.05, 0) is 56.7 Å². The fourth-order valence-corrected chi connectivity index (χ4v) is 6.11. The normalized spacial score (nSPS) is 25.2. The summed E-state index contributed by atoms with van der Waals surface area (Å²) in [4.78, 5) is 16.1. The Bertz CT molecular complexity index is 1010. The van der Waals surface area contributed by atoms with Crippen LogP contribution in [0.4, 0.5) is 0 Å². The molecular weight excluding hydrogens is 414 g/mol. The standard InChI is InChI=1S/C27H35N3O3/c1-17(18-8-5-4-6-9-18)29-27(31)21-14-24(32-2)20-11-13-30-16-19-10-7-12-28-22(19)15-23(30)25(20)26(21)33-3/h4-6,8-9,14,17,19,22-23,28H,7,10-13,15-16H2,1-3H3,(H,29,31)/t17?,19-,22+,23+/m1/s1. The van der Waals surface area contributed by atoms with Gasteiger partial charge in [-0.3, -0.25) is 9.69 Å². The van der Waals surface area contributed by atoms with Gasteiger partial charge in [-0.2, -0.15) is 0 Å². The number of nitrogens with one attached hydrogen (secondary N) is 2. The van der Waals surface area contributed by atoms with Crippen LogP contribution < -0.4 is 20.1 Å². The third-order valence-electron chi connectivity index (χ3n) is 7.80. The number of methoxy groups -OCH3 is 2. The lowest BCUT2D eigenvalue weighted by Crippen LogP contribution is -2.54. The molecule has 5 rings (SSSR count). The highest BCUT2D eigenvalue weighted by Gasteiger charge is 2.42. The van der Waals surface area contributed by atoms with Crippen LogP contribution >= 0.6 is 0 Å². The van der Waals surface area contributed by atoms with Crippen LogP contribution in [0.25, 0.3) is 0 Å². The van der Waals surface area contributed by atoms with Crippen molar-refractivity contribution < 1.29 is 14.3 Å². The van der Waals surface area contributed by atoms with Crippen LogP contribution in [0.1, 0.15) is 65.3 Å². The number of amides is 1. The largest absolute Gasteiger partial charge is 0.496 e. The minimum atomic E-state index is -0.133. The quantitative estimate of drug-likeness (QED) is 0.726. The maximum absolute atomic E-state index is 13.5. The highest BCUT2D eigenvalue weighted by molar-refractivity contribution is 5.98. The maximum Gasteiger partial charge on any atom is 0.255 e. The van der Waals surface area contributed by atoms with Gasteiger partial charge in [0.2, 0.25) is 0 Å². The summed E-state index contributed by atoms with van der Waals surface area (Å²) in [5.41, 5.74) is 3.96. The van der Waals surface area contributed by atoms with Crippen molar-refractivity contribution in [2.45, 2.75) is 50.7 Å². The van der Waals surface area contributed by atoms with Gasteiger partial charge < -0.3 is 20.1 Å². The van der Waals surface area contributed by atoms with Crippen LogP contribution in [0.15, 0.2) is 36.4 Å². The fourth-order valence-electron chi connectivity index (χ4n) is 6.11. The molecule has 3 aliphatic rings. The zero-order chi connectivity index (χ0) is 22.9. The lowest BCUT2D eigenvalue weighted by molar-refractivity contribution is 0.0532. The minimum Gasteiger partial charge on any atom is -0.496 e. The second kappa shape index (κ2) is 9.35. The molecule has 0 aromatic heterocycles. The molecule has 3 heterocycles. The average Bonchev–Trinajstić information content (AvgIpc) is 2.86. The lowest BCUT2D eigenvalue weighted by atomic mass is 9.76. The molecule has 176 valence electrons. The van der Waals surface area contributed by atoms with E-state index in [0.29, 0.717) is 23.3 Å². The number of ether oxygens (including phenoxy) is 2. The van der Waals surface area contributed by atoms with Crippen molar-refractivity contribution in [1.29, 1.82) is 0 Å². The van der Waals surface area contributed by atoms with Crippen molar-refractivity contribution in [3.05, 3.63) is 58.7 Å². The van der Waals surface area contributed by atoms with Gasteiger partial charge in [0.15, 0.2) is 0 Å². The first-order chi connectivity index (χ1) is 16.1. The second-order valence-electron chi connectivity index (χ2n) is 9.62. The van der Waals surface area contributed by atoms with Crippen molar-refractivity contribution in [1.82, 2.24) is 15.5 Å². The molecule has 1 amide bonds. The molecule has 0 spiro atoms. The van der Waals surface area contributed by atoms with Gasteiger partial charge in [0, 0.05) is 36.3 Å².